The maximum Gasteiger partial charge on any atom is 0.269 e. The molecular weight excluding hydrogens is 278 g/mol. The van der Waals surface area contributed by atoms with Gasteiger partial charge in [-0.25, -0.2) is 0 Å². The largest absolute Gasteiger partial charge is 0.349 e. The molecule has 0 spiro atoms. The van der Waals surface area contributed by atoms with Crippen molar-refractivity contribution in [2.45, 2.75) is 6.54 Å². The predicted molar refractivity (Wildman–Crippen MR) is 83.0 cm³/mol. The SMILES string of the molecule is Cn1cccc1-c1cc(C(=O)NCc2cccnc2)n(C)n1. The van der Waals surface area contributed by atoms with Crippen molar-refractivity contribution in [3.05, 3.63) is 60.2 Å². The van der Waals surface area contributed by atoms with Crippen molar-refractivity contribution < 1.29 is 4.79 Å². The molecule has 0 unspecified atom stereocenters. The van der Waals surface area contributed by atoms with E-state index in [0.717, 1.165) is 17.0 Å². The summed E-state index contributed by atoms with van der Waals surface area (Å²) >= 11 is 0. The van der Waals surface area contributed by atoms with Crippen LogP contribution in [0.2, 0.25) is 0 Å². The lowest BCUT2D eigenvalue weighted by atomic mass is 10.2. The molecule has 0 atom stereocenters. The van der Waals surface area contributed by atoms with E-state index in [-0.39, 0.29) is 5.91 Å². The quantitative estimate of drug-likeness (QED) is 0.797. The maximum absolute atomic E-state index is 12.3. The Morgan fingerprint density at radius 3 is 2.82 bits per heavy atom. The van der Waals surface area contributed by atoms with Crippen LogP contribution in [0.3, 0.4) is 0 Å². The number of nitrogens with zero attached hydrogens (tertiary/aromatic N) is 4. The molecule has 0 aromatic carbocycles. The van der Waals surface area contributed by atoms with Crippen LogP contribution in [-0.4, -0.2) is 25.2 Å². The zero-order chi connectivity index (χ0) is 15.5. The fraction of sp³-hybridized carbons (Fsp3) is 0.188. The zero-order valence-corrected chi connectivity index (χ0v) is 12.5. The van der Waals surface area contributed by atoms with Crippen molar-refractivity contribution in [2.24, 2.45) is 14.1 Å². The Kier molecular flexibility index (Phi) is 3.74. The van der Waals surface area contributed by atoms with Gasteiger partial charge in [-0.3, -0.25) is 14.5 Å². The van der Waals surface area contributed by atoms with Gasteiger partial charge >= 0.3 is 0 Å². The van der Waals surface area contributed by atoms with Crippen molar-refractivity contribution in [1.29, 1.82) is 0 Å². The van der Waals surface area contributed by atoms with Gasteiger partial charge < -0.3 is 9.88 Å². The highest BCUT2D eigenvalue weighted by atomic mass is 16.2. The fourth-order valence-corrected chi connectivity index (χ4v) is 2.31. The average molecular weight is 295 g/mol. The summed E-state index contributed by atoms with van der Waals surface area (Å²) < 4.78 is 3.57. The van der Waals surface area contributed by atoms with Crippen LogP contribution in [0.25, 0.3) is 11.4 Å². The molecule has 3 heterocycles. The Labute approximate surface area is 128 Å². The number of rotatable bonds is 4. The molecular formula is C16H17N5O. The first-order valence-electron chi connectivity index (χ1n) is 6.98. The van der Waals surface area contributed by atoms with E-state index in [9.17, 15) is 4.79 Å². The van der Waals surface area contributed by atoms with Crippen molar-refractivity contribution in [3.8, 4) is 11.4 Å². The third kappa shape index (κ3) is 2.76. The normalized spacial score (nSPS) is 10.6. The number of aromatic nitrogens is 4. The molecule has 0 aliphatic heterocycles. The summed E-state index contributed by atoms with van der Waals surface area (Å²) in [4.78, 5) is 16.3. The van der Waals surface area contributed by atoms with E-state index in [4.69, 9.17) is 0 Å². The summed E-state index contributed by atoms with van der Waals surface area (Å²) in [6.45, 7) is 0.442. The maximum atomic E-state index is 12.3. The van der Waals surface area contributed by atoms with Gasteiger partial charge in [0.2, 0.25) is 0 Å². The van der Waals surface area contributed by atoms with Crippen molar-refractivity contribution in [3.63, 3.8) is 0 Å². The van der Waals surface area contributed by atoms with E-state index < -0.39 is 0 Å². The Morgan fingerprint density at radius 1 is 1.27 bits per heavy atom. The van der Waals surface area contributed by atoms with Gasteiger partial charge in [-0.1, -0.05) is 6.07 Å². The first-order valence-corrected chi connectivity index (χ1v) is 6.98. The zero-order valence-electron chi connectivity index (χ0n) is 12.5. The average Bonchev–Trinajstić information content (AvgIpc) is 3.11. The number of nitrogens with one attached hydrogen (secondary N) is 1. The summed E-state index contributed by atoms with van der Waals surface area (Å²) in [6, 6.07) is 9.49. The molecule has 0 aliphatic rings. The molecule has 3 rings (SSSR count). The molecule has 0 radical (unpaired) electrons. The molecule has 0 saturated heterocycles. The number of carbonyl (C=O) groups excluding carboxylic acids is 1. The summed E-state index contributed by atoms with van der Waals surface area (Å²) in [7, 11) is 3.72. The molecule has 3 aromatic heterocycles. The minimum Gasteiger partial charge on any atom is -0.349 e. The number of carbonyl (C=O) groups is 1. The standard InChI is InChI=1S/C16H17N5O/c1-20-8-4-6-14(20)13-9-15(21(2)19-13)16(22)18-11-12-5-3-7-17-10-12/h3-10H,11H2,1-2H3,(H,18,22). The van der Waals surface area contributed by atoms with E-state index >= 15 is 0 Å². The highest BCUT2D eigenvalue weighted by Crippen LogP contribution is 2.18. The highest BCUT2D eigenvalue weighted by Gasteiger charge is 2.15. The van der Waals surface area contributed by atoms with E-state index in [0.29, 0.717) is 12.2 Å². The third-order valence-corrected chi connectivity index (χ3v) is 3.49. The molecule has 1 N–H and O–H groups in total. The summed E-state index contributed by atoms with van der Waals surface area (Å²) in [5.41, 5.74) is 3.24. The van der Waals surface area contributed by atoms with Crippen LogP contribution in [0.1, 0.15) is 16.1 Å². The van der Waals surface area contributed by atoms with Crippen molar-refractivity contribution in [2.75, 3.05) is 0 Å². The van der Waals surface area contributed by atoms with Gasteiger partial charge in [0.05, 0.1) is 5.69 Å². The van der Waals surface area contributed by atoms with E-state index in [1.165, 1.54) is 0 Å². The van der Waals surface area contributed by atoms with Crippen molar-refractivity contribution >= 4 is 5.91 Å². The van der Waals surface area contributed by atoms with Crippen LogP contribution in [0.4, 0.5) is 0 Å². The van der Waals surface area contributed by atoms with E-state index in [2.05, 4.69) is 15.4 Å². The number of aryl methyl sites for hydroxylation is 2. The van der Waals surface area contributed by atoms with Gasteiger partial charge in [0.1, 0.15) is 11.4 Å². The van der Waals surface area contributed by atoms with Crippen molar-refractivity contribution in [1.82, 2.24) is 24.6 Å². The van der Waals surface area contributed by atoms with Crippen LogP contribution >= 0.6 is 0 Å². The van der Waals surface area contributed by atoms with Gasteiger partial charge in [-0.2, -0.15) is 5.10 Å². The second kappa shape index (κ2) is 5.85. The van der Waals surface area contributed by atoms with Gasteiger partial charge in [0, 0.05) is 39.2 Å². The molecule has 1 amide bonds. The van der Waals surface area contributed by atoms with Gasteiger partial charge in [-0.15, -0.1) is 0 Å². The Morgan fingerprint density at radius 2 is 2.14 bits per heavy atom. The third-order valence-electron chi connectivity index (χ3n) is 3.49. The Bertz CT molecular complexity index is 788. The second-order valence-electron chi connectivity index (χ2n) is 5.09. The van der Waals surface area contributed by atoms with Crippen LogP contribution in [0, 0.1) is 0 Å². The molecule has 6 nitrogen and oxygen atoms in total. The molecule has 0 saturated carbocycles. The van der Waals surface area contributed by atoms with Crippen LogP contribution in [0.5, 0.6) is 0 Å². The van der Waals surface area contributed by atoms with E-state index in [1.54, 1.807) is 30.2 Å². The lowest BCUT2D eigenvalue weighted by molar-refractivity contribution is 0.0941. The second-order valence-corrected chi connectivity index (χ2v) is 5.09. The predicted octanol–water partition coefficient (Wildman–Crippen LogP) is 1.75. The van der Waals surface area contributed by atoms with Crippen LogP contribution in [-0.2, 0) is 20.6 Å². The summed E-state index contributed by atoms with van der Waals surface area (Å²) in [5, 5.41) is 7.30. The van der Waals surface area contributed by atoms with Crippen LogP contribution < -0.4 is 5.32 Å². The number of hydrogen-bond donors (Lipinski definition) is 1. The first-order chi connectivity index (χ1) is 10.6. The molecule has 0 aliphatic carbocycles. The Hall–Kier alpha value is -2.89. The fourth-order valence-electron chi connectivity index (χ4n) is 2.31. The molecule has 0 bridgehead atoms. The number of hydrogen-bond acceptors (Lipinski definition) is 3. The highest BCUT2D eigenvalue weighted by molar-refractivity contribution is 5.93. The minimum atomic E-state index is -0.153. The van der Waals surface area contributed by atoms with Crippen LogP contribution in [0.15, 0.2) is 48.9 Å². The van der Waals surface area contributed by atoms with Gasteiger partial charge in [-0.05, 0) is 29.8 Å². The number of amides is 1. The van der Waals surface area contributed by atoms with E-state index in [1.807, 2.05) is 42.1 Å². The topological polar surface area (TPSA) is 64.7 Å². The monoisotopic (exact) mass is 295 g/mol. The Balaban J connectivity index is 1.76. The molecule has 22 heavy (non-hydrogen) atoms. The summed E-state index contributed by atoms with van der Waals surface area (Å²) in [5.74, 6) is -0.153. The molecule has 112 valence electrons. The minimum absolute atomic E-state index is 0.153. The van der Waals surface area contributed by atoms with Gasteiger partial charge in [0.15, 0.2) is 0 Å². The molecule has 3 aromatic rings. The molecule has 0 fully saturated rings. The lowest BCUT2D eigenvalue weighted by Crippen LogP contribution is -2.25. The van der Waals surface area contributed by atoms with Gasteiger partial charge in [0.25, 0.3) is 5.91 Å². The molecule has 6 heteroatoms. The lowest BCUT2D eigenvalue weighted by Gasteiger charge is -2.04. The summed E-state index contributed by atoms with van der Waals surface area (Å²) in [6.07, 6.45) is 5.39. The smallest absolute Gasteiger partial charge is 0.269 e. The number of pyridine rings is 1. The first kappa shape index (κ1) is 14.1.